The van der Waals surface area contributed by atoms with Crippen LogP contribution in [0.5, 0.6) is 0 Å². The lowest BCUT2D eigenvalue weighted by atomic mass is 10.3. The number of imidazole rings is 1. The number of rotatable bonds is 4. The van der Waals surface area contributed by atoms with Crippen LogP contribution >= 0.6 is 11.3 Å². The number of nitrogens with one attached hydrogen (secondary N) is 2. The standard InChI is InChI=1S/C15H15N5O2S/c1-3-20-12-7-5-4-6-10(12)17-14(20)19-13(22)11-8-23-15(18-11)16-9(2)21/h4-8H,3H2,1-2H3,(H,16,18,21)(H,17,19,22). The lowest BCUT2D eigenvalue weighted by Gasteiger charge is -2.06. The van der Waals surface area contributed by atoms with Crippen molar-refractivity contribution in [3.63, 3.8) is 0 Å². The Morgan fingerprint density at radius 1 is 1.22 bits per heavy atom. The normalized spacial score (nSPS) is 10.7. The maximum atomic E-state index is 12.3. The van der Waals surface area contributed by atoms with E-state index in [0.29, 0.717) is 17.6 Å². The average Bonchev–Trinajstić information content (AvgIpc) is 3.10. The zero-order valence-corrected chi connectivity index (χ0v) is 13.5. The van der Waals surface area contributed by atoms with E-state index in [1.165, 1.54) is 18.3 Å². The SMILES string of the molecule is CCn1c(NC(=O)c2csc(NC(C)=O)n2)nc2ccccc21. The second kappa shape index (κ2) is 6.17. The van der Waals surface area contributed by atoms with Crippen LogP contribution in [0.4, 0.5) is 11.1 Å². The highest BCUT2D eigenvalue weighted by atomic mass is 32.1. The van der Waals surface area contributed by atoms with Crippen LogP contribution < -0.4 is 10.6 Å². The smallest absolute Gasteiger partial charge is 0.277 e. The zero-order valence-electron chi connectivity index (χ0n) is 12.7. The van der Waals surface area contributed by atoms with E-state index >= 15 is 0 Å². The van der Waals surface area contributed by atoms with Crippen LogP contribution in [0.3, 0.4) is 0 Å². The molecular weight excluding hydrogens is 314 g/mol. The van der Waals surface area contributed by atoms with Gasteiger partial charge < -0.3 is 9.88 Å². The van der Waals surface area contributed by atoms with Crippen molar-refractivity contribution in [2.45, 2.75) is 20.4 Å². The van der Waals surface area contributed by atoms with E-state index < -0.39 is 0 Å². The summed E-state index contributed by atoms with van der Waals surface area (Å²) < 4.78 is 1.92. The number of anilines is 2. The van der Waals surface area contributed by atoms with Gasteiger partial charge in [0.1, 0.15) is 5.69 Å². The van der Waals surface area contributed by atoms with Gasteiger partial charge in [-0.05, 0) is 19.1 Å². The minimum atomic E-state index is -0.358. The topological polar surface area (TPSA) is 88.9 Å². The number of carbonyl (C=O) groups excluding carboxylic acids is 2. The minimum absolute atomic E-state index is 0.223. The van der Waals surface area contributed by atoms with E-state index in [4.69, 9.17) is 0 Å². The summed E-state index contributed by atoms with van der Waals surface area (Å²) in [5.41, 5.74) is 2.03. The number of hydrogen-bond donors (Lipinski definition) is 2. The molecule has 2 aromatic heterocycles. The van der Waals surface area contributed by atoms with Crippen molar-refractivity contribution in [1.29, 1.82) is 0 Å². The monoisotopic (exact) mass is 329 g/mol. The molecule has 0 aliphatic rings. The van der Waals surface area contributed by atoms with Gasteiger partial charge in [-0.1, -0.05) is 12.1 Å². The molecule has 2 amide bonds. The van der Waals surface area contributed by atoms with E-state index in [-0.39, 0.29) is 17.5 Å². The summed E-state index contributed by atoms with van der Waals surface area (Å²) in [6, 6.07) is 7.69. The first kappa shape index (κ1) is 15.2. The number of nitrogens with zero attached hydrogens (tertiary/aromatic N) is 3. The third kappa shape index (κ3) is 3.07. The van der Waals surface area contributed by atoms with Gasteiger partial charge in [0.25, 0.3) is 5.91 Å². The second-order valence-electron chi connectivity index (χ2n) is 4.84. The number of aromatic nitrogens is 3. The molecule has 0 aliphatic heterocycles. The molecule has 0 spiro atoms. The molecule has 0 aliphatic carbocycles. The van der Waals surface area contributed by atoms with E-state index in [1.54, 1.807) is 5.38 Å². The molecule has 0 fully saturated rings. The van der Waals surface area contributed by atoms with Crippen molar-refractivity contribution in [2.24, 2.45) is 0 Å². The molecule has 23 heavy (non-hydrogen) atoms. The summed E-state index contributed by atoms with van der Waals surface area (Å²) in [6.45, 7) is 4.07. The molecule has 2 N–H and O–H groups in total. The molecule has 118 valence electrons. The van der Waals surface area contributed by atoms with Gasteiger partial charge in [0, 0.05) is 18.8 Å². The summed E-state index contributed by atoms with van der Waals surface area (Å²) in [4.78, 5) is 31.9. The number of amides is 2. The maximum absolute atomic E-state index is 12.3. The predicted octanol–water partition coefficient (Wildman–Crippen LogP) is 2.72. The van der Waals surface area contributed by atoms with E-state index in [9.17, 15) is 9.59 Å². The molecule has 8 heteroatoms. The highest BCUT2D eigenvalue weighted by molar-refractivity contribution is 7.14. The van der Waals surface area contributed by atoms with E-state index in [2.05, 4.69) is 20.6 Å². The van der Waals surface area contributed by atoms with Gasteiger partial charge in [0.05, 0.1) is 11.0 Å². The minimum Gasteiger partial charge on any atom is -0.310 e. The Labute approximate surface area is 136 Å². The molecule has 3 rings (SSSR count). The quantitative estimate of drug-likeness (QED) is 0.770. The maximum Gasteiger partial charge on any atom is 0.277 e. The Morgan fingerprint density at radius 2 is 2.00 bits per heavy atom. The van der Waals surface area contributed by atoms with Crippen molar-refractivity contribution in [2.75, 3.05) is 10.6 Å². The van der Waals surface area contributed by atoms with Crippen LogP contribution in [0.25, 0.3) is 11.0 Å². The molecule has 0 bridgehead atoms. The Hall–Kier alpha value is -2.74. The summed E-state index contributed by atoms with van der Waals surface area (Å²) in [5.74, 6) is -0.102. The Kier molecular flexibility index (Phi) is 4.07. The number of para-hydroxylation sites is 2. The van der Waals surface area contributed by atoms with Crippen LogP contribution in [0.1, 0.15) is 24.3 Å². The molecule has 1 aromatic carbocycles. The van der Waals surface area contributed by atoms with Gasteiger partial charge in [0.2, 0.25) is 11.9 Å². The number of benzene rings is 1. The van der Waals surface area contributed by atoms with Crippen molar-refractivity contribution < 1.29 is 9.59 Å². The third-order valence-electron chi connectivity index (χ3n) is 3.22. The predicted molar refractivity (Wildman–Crippen MR) is 89.8 cm³/mol. The summed E-state index contributed by atoms with van der Waals surface area (Å²) >= 11 is 1.20. The number of hydrogen-bond acceptors (Lipinski definition) is 5. The summed E-state index contributed by atoms with van der Waals surface area (Å²) in [5, 5.41) is 7.33. The zero-order chi connectivity index (χ0) is 16.4. The summed E-state index contributed by atoms with van der Waals surface area (Å²) in [6.07, 6.45) is 0. The lowest BCUT2D eigenvalue weighted by Crippen LogP contribution is -2.16. The largest absolute Gasteiger partial charge is 0.310 e. The van der Waals surface area contributed by atoms with Crippen LogP contribution in [-0.2, 0) is 11.3 Å². The Morgan fingerprint density at radius 3 is 2.74 bits per heavy atom. The average molecular weight is 329 g/mol. The van der Waals surface area contributed by atoms with Crippen molar-refractivity contribution >= 4 is 45.3 Å². The number of thiazole rings is 1. The first-order chi connectivity index (χ1) is 11.1. The molecule has 0 saturated heterocycles. The van der Waals surface area contributed by atoms with Gasteiger partial charge in [-0.2, -0.15) is 0 Å². The third-order valence-corrected chi connectivity index (χ3v) is 3.97. The molecule has 2 heterocycles. The summed E-state index contributed by atoms with van der Waals surface area (Å²) in [7, 11) is 0. The van der Waals surface area contributed by atoms with Gasteiger partial charge in [-0.25, -0.2) is 9.97 Å². The van der Waals surface area contributed by atoms with Crippen LogP contribution in [-0.4, -0.2) is 26.3 Å². The molecule has 3 aromatic rings. The fourth-order valence-electron chi connectivity index (χ4n) is 2.24. The van der Waals surface area contributed by atoms with E-state index in [0.717, 1.165) is 11.0 Å². The first-order valence-electron chi connectivity index (χ1n) is 7.08. The van der Waals surface area contributed by atoms with Crippen LogP contribution in [0.2, 0.25) is 0 Å². The number of carbonyl (C=O) groups is 2. The molecule has 0 unspecified atom stereocenters. The second-order valence-corrected chi connectivity index (χ2v) is 5.70. The molecule has 0 saturated carbocycles. The van der Waals surface area contributed by atoms with E-state index in [1.807, 2.05) is 35.8 Å². The molecule has 0 radical (unpaired) electrons. The molecule has 0 atom stereocenters. The highest BCUT2D eigenvalue weighted by Gasteiger charge is 2.16. The Bertz CT molecular complexity index is 883. The van der Waals surface area contributed by atoms with Gasteiger partial charge in [0.15, 0.2) is 5.13 Å². The first-order valence-corrected chi connectivity index (χ1v) is 7.96. The van der Waals surface area contributed by atoms with Crippen LogP contribution in [0.15, 0.2) is 29.6 Å². The van der Waals surface area contributed by atoms with Crippen molar-refractivity contribution in [3.8, 4) is 0 Å². The van der Waals surface area contributed by atoms with Crippen LogP contribution in [0, 0.1) is 0 Å². The molecule has 7 nitrogen and oxygen atoms in total. The van der Waals surface area contributed by atoms with Crippen molar-refractivity contribution in [3.05, 3.63) is 35.3 Å². The highest BCUT2D eigenvalue weighted by Crippen LogP contribution is 2.21. The Balaban J connectivity index is 1.85. The fourth-order valence-corrected chi connectivity index (χ4v) is 2.98. The number of fused-ring (bicyclic) bond motifs is 1. The van der Waals surface area contributed by atoms with Gasteiger partial charge >= 0.3 is 0 Å². The fraction of sp³-hybridized carbons (Fsp3) is 0.200. The molecular formula is C15H15N5O2S. The van der Waals surface area contributed by atoms with Crippen molar-refractivity contribution in [1.82, 2.24) is 14.5 Å². The van der Waals surface area contributed by atoms with Gasteiger partial charge in [-0.15, -0.1) is 11.3 Å². The van der Waals surface area contributed by atoms with Gasteiger partial charge in [-0.3, -0.25) is 14.9 Å². The number of aryl methyl sites for hydroxylation is 1. The lowest BCUT2D eigenvalue weighted by molar-refractivity contribution is -0.114.